The Bertz CT molecular complexity index is 1630. The van der Waals surface area contributed by atoms with E-state index in [-0.39, 0.29) is 22.3 Å². The molecule has 1 saturated heterocycles. The second-order valence-corrected chi connectivity index (χ2v) is 11.8. The van der Waals surface area contributed by atoms with Crippen LogP contribution in [0.2, 0.25) is 0 Å². The number of hydrogen-bond acceptors (Lipinski definition) is 6. The number of para-hydroxylation sites is 1. The fourth-order valence-electron chi connectivity index (χ4n) is 5.65. The van der Waals surface area contributed by atoms with Gasteiger partial charge in [-0.1, -0.05) is 48.5 Å². The number of hydrogen-bond donors (Lipinski definition) is 2. The maximum atomic E-state index is 13.6. The molecule has 2 aliphatic rings. The molecule has 1 aromatic heterocycles. The van der Waals surface area contributed by atoms with Crippen molar-refractivity contribution in [2.45, 2.75) is 29.2 Å². The number of amides is 1. The number of nitrogens with zero attached hydrogens (tertiary/aromatic N) is 2. The quantitative estimate of drug-likeness (QED) is 0.363. The van der Waals surface area contributed by atoms with Crippen molar-refractivity contribution in [3.8, 4) is 5.75 Å². The lowest BCUT2D eigenvalue weighted by molar-refractivity contribution is 0.0683. The Balaban J connectivity index is 1.22. The lowest BCUT2D eigenvalue weighted by atomic mass is 9.86. The number of carbonyl (C=O) groups excluding carboxylic acids is 1. The van der Waals surface area contributed by atoms with Crippen LogP contribution in [-0.2, 0) is 15.4 Å². The van der Waals surface area contributed by atoms with Crippen LogP contribution in [0.25, 0.3) is 10.9 Å². The van der Waals surface area contributed by atoms with Gasteiger partial charge in [0.15, 0.2) is 0 Å². The van der Waals surface area contributed by atoms with E-state index in [0.29, 0.717) is 42.2 Å². The number of piperazine rings is 1. The minimum absolute atomic E-state index is 0.0584. The zero-order chi connectivity index (χ0) is 27.0. The van der Waals surface area contributed by atoms with Crippen LogP contribution in [-0.4, -0.2) is 57.0 Å². The lowest BCUT2D eigenvalue weighted by Gasteiger charge is -2.38. The minimum Gasteiger partial charge on any atom is -0.496 e. The molecule has 1 aliphatic heterocycles. The summed E-state index contributed by atoms with van der Waals surface area (Å²) in [5, 5.41) is 4.37. The summed E-state index contributed by atoms with van der Waals surface area (Å²) in [6.45, 7) is 1.90. The highest BCUT2D eigenvalue weighted by Gasteiger charge is 2.52. The molecule has 1 atom stereocenters. The summed E-state index contributed by atoms with van der Waals surface area (Å²) in [7, 11) is -2.45. The van der Waals surface area contributed by atoms with Crippen molar-refractivity contribution < 1.29 is 17.9 Å². The monoisotopic (exact) mass is 542 g/mol. The first-order valence-electron chi connectivity index (χ1n) is 13.0. The van der Waals surface area contributed by atoms with Crippen molar-refractivity contribution in [1.82, 2.24) is 15.2 Å². The summed E-state index contributed by atoms with van der Waals surface area (Å²) < 4.78 is 34.7. The summed E-state index contributed by atoms with van der Waals surface area (Å²) in [4.78, 5) is 19.9. The number of methoxy groups -OCH3 is 1. The molecule has 0 bridgehead atoms. The van der Waals surface area contributed by atoms with Gasteiger partial charge < -0.3 is 15.0 Å². The molecular formula is C30H30N4O4S. The number of pyridine rings is 1. The Labute approximate surface area is 228 Å². The predicted octanol–water partition coefficient (Wildman–Crippen LogP) is 4.19. The molecule has 9 heteroatoms. The maximum Gasteiger partial charge on any atom is 0.264 e. The van der Waals surface area contributed by atoms with Gasteiger partial charge in [0.05, 0.1) is 23.9 Å². The van der Waals surface area contributed by atoms with E-state index in [1.165, 1.54) is 18.7 Å². The first kappa shape index (κ1) is 25.3. The average molecular weight is 543 g/mol. The molecule has 39 heavy (non-hydrogen) atoms. The van der Waals surface area contributed by atoms with E-state index in [9.17, 15) is 13.2 Å². The molecule has 4 aromatic rings. The maximum absolute atomic E-state index is 13.6. The molecule has 1 unspecified atom stereocenters. The van der Waals surface area contributed by atoms with Gasteiger partial charge in [0, 0.05) is 48.7 Å². The number of anilines is 1. The normalized spacial score (nSPS) is 18.5. The van der Waals surface area contributed by atoms with E-state index in [2.05, 4.69) is 39.3 Å². The van der Waals surface area contributed by atoms with Crippen LogP contribution in [0.15, 0.2) is 90.0 Å². The van der Waals surface area contributed by atoms with E-state index in [4.69, 9.17) is 4.74 Å². The van der Waals surface area contributed by atoms with E-state index in [0.717, 1.165) is 18.2 Å². The van der Waals surface area contributed by atoms with Gasteiger partial charge in [-0.25, -0.2) is 8.42 Å². The Hall–Kier alpha value is -3.95. The van der Waals surface area contributed by atoms with Crippen LogP contribution in [0.3, 0.4) is 0 Å². The van der Waals surface area contributed by atoms with Crippen molar-refractivity contribution in [2.75, 3.05) is 31.5 Å². The van der Waals surface area contributed by atoms with E-state index >= 15 is 0 Å². The number of ether oxygens (including phenoxy) is 1. The number of rotatable bonds is 7. The molecule has 3 aromatic carbocycles. The third kappa shape index (κ3) is 4.72. The lowest BCUT2D eigenvalue weighted by Crippen LogP contribution is -2.57. The van der Waals surface area contributed by atoms with Crippen LogP contribution in [0, 0.1) is 0 Å². The fraction of sp³-hybridized carbons (Fsp3) is 0.267. The van der Waals surface area contributed by atoms with Gasteiger partial charge in [0.1, 0.15) is 10.6 Å². The summed E-state index contributed by atoms with van der Waals surface area (Å²) in [6.07, 6.45) is 3.76. The highest BCUT2D eigenvalue weighted by atomic mass is 32.2. The molecular weight excluding hydrogens is 512 g/mol. The summed E-state index contributed by atoms with van der Waals surface area (Å²) in [5.74, 6) is 0.186. The standard InChI is InChI=1S/C30H30N4O4S/c1-38-25-19-23(33-39(36,37)26-11-5-7-21-8-6-16-32-28(21)26)12-13-24(25)29(35)34-18-17-31-27(20-34)30(14-15-30)22-9-3-2-4-10-22/h2-13,16,19,27,31,33H,14-15,17-18,20H2,1H3. The highest BCUT2D eigenvalue weighted by molar-refractivity contribution is 7.93. The first-order chi connectivity index (χ1) is 18.9. The molecule has 6 rings (SSSR count). The van der Waals surface area contributed by atoms with Crippen molar-refractivity contribution in [1.29, 1.82) is 0 Å². The van der Waals surface area contributed by atoms with Crippen LogP contribution in [0.1, 0.15) is 28.8 Å². The Kier molecular flexibility index (Phi) is 6.48. The number of sulfonamides is 1. The van der Waals surface area contributed by atoms with Gasteiger partial charge in [0.2, 0.25) is 0 Å². The van der Waals surface area contributed by atoms with E-state index < -0.39 is 10.0 Å². The van der Waals surface area contributed by atoms with Crippen molar-refractivity contribution in [2.24, 2.45) is 0 Å². The van der Waals surface area contributed by atoms with Crippen LogP contribution < -0.4 is 14.8 Å². The second kappa shape index (κ2) is 9.98. The molecule has 8 nitrogen and oxygen atoms in total. The Morgan fingerprint density at radius 2 is 1.85 bits per heavy atom. The van der Waals surface area contributed by atoms with Gasteiger partial charge in [-0.15, -0.1) is 0 Å². The third-order valence-corrected chi connectivity index (χ3v) is 9.25. The molecule has 2 N–H and O–H groups in total. The van der Waals surface area contributed by atoms with Crippen molar-refractivity contribution >= 4 is 32.5 Å². The molecule has 1 aliphatic carbocycles. The molecule has 1 saturated carbocycles. The van der Waals surface area contributed by atoms with Gasteiger partial charge in [-0.2, -0.15) is 0 Å². The fourth-order valence-corrected chi connectivity index (χ4v) is 6.88. The predicted molar refractivity (Wildman–Crippen MR) is 151 cm³/mol. The Morgan fingerprint density at radius 1 is 1.05 bits per heavy atom. The molecule has 0 spiro atoms. The summed E-state index contributed by atoms with van der Waals surface area (Å²) >= 11 is 0. The highest BCUT2D eigenvalue weighted by Crippen LogP contribution is 2.51. The molecule has 0 radical (unpaired) electrons. The van der Waals surface area contributed by atoms with E-state index in [1.807, 2.05) is 23.1 Å². The van der Waals surface area contributed by atoms with E-state index in [1.54, 1.807) is 36.5 Å². The third-order valence-electron chi connectivity index (χ3n) is 7.84. The molecule has 2 heterocycles. The zero-order valence-electron chi connectivity index (χ0n) is 21.6. The average Bonchev–Trinajstić information content (AvgIpc) is 3.79. The first-order valence-corrected chi connectivity index (χ1v) is 14.5. The number of aromatic nitrogens is 1. The summed E-state index contributed by atoms with van der Waals surface area (Å²) in [5.41, 5.74) is 2.46. The summed E-state index contributed by atoms with van der Waals surface area (Å²) in [6, 6.07) is 24.1. The smallest absolute Gasteiger partial charge is 0.264 e. The van der Waals surface area contributed by atoms with Gasteiger partial charge >= 0.3 is 0 Å². The van der Waals surface area contributed by atoms with Crippen LogP contribution in [0.4, 0.5) is 5.69 Å². The molecule has 2 fully saturated rings. The largest absolute Gasteiger partial charge is 0.496 e. The topological polar surface area (TPSA) is 101 Å². The van der Waals surface area contributed by atoms with Gasteiger partial charge in [-0.05, 0) is 42.7 Å². The number of fused-ring (bicyclic) bond motifs is 1. The van der Waals surface area contributed by atoms with Crippen LogP contribution >= 0.6 is 0 Å². The van der Waals surface area contributed by atoms with Crippen molar-refractivity contribution in [3.63, 3.8) is 0 Å². The number of nitrogens with one attached hydrogen (secondary N) is 2. The van der Waals surface area contributed by atoms with Crippen LogP contribution in [0.5, 0.6) is 5.75 Å². The minimum atomic E-state index is -3.93. The van der Waals surface area contributed by atoms with Gasteiger partial charge in [0.25, 0.3) is 15.9 Å². The molecule has 200 valence electrons. The second-order valence-electron chi connectivity index (χ2n) is 10.1. The number of benzene rings is 3. The zero-order valence-corrected chi connectivity index (χ0v) is 22.4. The van der Waals surface area contributed by atoms with Crippen molar-refractivity contribution in [3.05, 3.63) is 96.2 Å². The molecule has 1 amide bonds. The SMILES string of the molecule is COc1cc(NS(=O)(=O)c2cccc3cccnc23)ccc1C(=O)N1CCNC(C2(c3ccccc3)CC2)C1. The van der Waals surface area contributed by atoms with Gasteiger partial charge in [-0.3, -0.25) is 14.5 Å². The number of carbonyl (C=O) groups is 1. The Morgan fingerprint density at radius 3 is 2.62 bits per heavy atom.